The van der Waals surface area contributed by atoms with Gasteiger partial charge in [0.05, 0.1) is 0 Å². The minimum atomic E-state index is -0.995. The maximum Gasteiger partial charge on any atom is 0.159 e. The second-order valence-corrected chi connectivity index (χ2v) is 1.84. The van der Waals surface area contributed by atoms with Crippen molar-refractivity contribution in [2.24, 2.45) is 0 Å². The number of rotatable bonds is 5. The number of aliphatic hydroxyl groups excluding tert-OH is 1. The fraction of sp³-hybridized carbons (Fsp3) is 0.833. The van der Waals surface area contributed by atoms with Crippen molar-refractivity contribution in [3.8, 4) is 0 Å². The highest BCUT2D eigenvalue weighted by molar-refractivity contribution is 5.55. The van der Waals surface area contributed by atoms with Gasteiger partial charge in [0.25, 0.3) is 0 Å². The van der Waals surface area contributed by atoms with Crippen LogP contribution in [0.15, 0.2) is 0 Å². The van der Waals surface area contributed by atoms with Crippen molar-refractivity contribution in [1.29, 1.82) is 0 Å². The van der Waals surface area contributed by atoms with Crippen LogP contribution in [-0.4, -0.2) is 38.0 Å². The molecule has 4 heteroatoms. The number of aliphatic hydroxyl groups is 1. The van der Waals surface area contributed by atoms with E-state index in [0.717, 1.165) is 0 Å². The molecule has 0 bridgehead atoms. The van der Waals surface area contributed by atoms with E-state index in [0.29, 0.717) is 6.29 Å². The smallest absolute Gasteiger partial charge is 0.159 e. The SMILES string of the molecule is COC(CC(O)C=O)OC. The molecule has 4 nitrogen and oxygen atoms in total. The summed E-state index contributed by atoms with van der Waals surface area (Å²) in [6, 6.07) is 0. The maximum absolute atomic E-state index is 9.91. The van der Waals surface area contributed by atoms with E-state index in [1.165, 1.54) is 14.2 Å². The molecule has 0 spiro atoms. The molecule has 0 saturated carbocycles. The van der Waals surface area contributed by atoms with Crippen LogP contribution < -0.4 is 0 Å². The van der Waals surface area contributed by atoms with Gasteiger partial charge in [-0.2, -0.15) is 0 Å². The van der Waals surface area contributed by atoms with Crippen LogP contribution in [0, 0.1) is 0 Å². The van der Waals surface area contributed by atoms with Crippen LogP contribution in [0.3, 0.4) is 0 Å². The standard InChI is InChI=1S/C6H12O4/c1-9-6(10-2)3-5(8)4-7/h4-6,8H,3H2,1-2H3. The molecule has 0 aromatic rings. The van der Waals surface area contributed by atoms with Crippen molar-refractivity contribution in [3.63, 3.8) is 0 Å². The Morgan fingerprint density at radius 2 is 2.00 bits per heavy atom. The molecule has 0 aliphatic heterocycles. The normalized spacial score (nSPS) is 13.6. The molecule has 0 heterocycles. The van der Waals surface area contributed by atoms with Gasteiger partial charge in [0.1, 0.15) is 12.4 Å². The van der Waals surface area contributed by atoms with Crippen LogP contribution in [0.25, 0.3) is 0 Å². The third-order valence-electron chi connectivity index (χ3n) is 1.12. The van der Waals surface area contributed by atoms with Crippen LogP contribution in [0.2, 0.25) is 0 Å². The van der Waals surface area contributed by atoms with Gasteiger partial charge >= 0.3 is 0 Å². The number of ether oxygens (including phenoxy) is 2. The van der Waals surface area contributed by atoms with E-state index < -0.39 is 12.4 Å². The van der Waals surface area contributed by atoms with Crippen LogP contribution in [-0.2, 0) is 14.3 Å². The summed E-state index contributed by atoms with van der Waals surface area (Å²) in [6.07, 6.45) is -0.869. The largest absolute Gasteiger partial charge is 0.385 e. The minimum Gasteiger partial charge on any atom is -0.385 e. The first-order valence-electron chi connectivity index (χ1n) is 2.93. The monoisotopic (exact) mass is 148 g/mol. The molecule has 0 radical (unpaired) electrons. The van der Waals surface area contributed by atoms with Crippen molar-refractivity contribution >= 4 is 6.29 Å². The lowest BCUT2D eigenvalue weighted by Gasteiger charge is -2.13. The first-order chi connectivity index (χ1) is 4.74. The molecular weight excluding hydrogens is 136 g/mol. The van der Waals surface area contributed by atoms with Crippen molar-refractivity contribution in [1.82, 2.24) is 0 Å². The van der Waals surface area contributed by atoms with E-state index in [1.807, 2.05) is 0 Å². The zero-order valence-electron chi connectivity index (χ0n) is 6.11. The average molecular weight is 148 g/mol. The molecule has 0 aliphatic carbocycles. The Labute approximate surface area is 59.7 Å². The number of hydrogen-bond donors (Lipinski definition) is 1. The molecule has 60 valence electrons. The molecule has 0 aromatic heterocycles. The van der Waals surface area contributed by atoms with Crippen LogP contribution in [0.4, 0.5) is 0 Å². The lowest BCUT2D eigenvalue weighted by molar-refractivity contribution is -0.134. The Bertz CT molecular complexity index is 89.7. The van der Waals surface area contributed by atoms with Crippen LogP contribution >= 0.6 is 0 Å². The summed E-state index contributed by atoms with van der Waals surface area (Å²) in [6.45, 7) is 0. The number of aldehydes is 1. The summed E-state index contributed by atoms with van der Waals surface area (Å²) < 4.78 is 9.46. The quantitative estimate of drug-likeness (QED) is 0.424. The third-order valence-corrected chi connectivity index (χ3v) is 1.12. The van der Waals surface area contributed by atoms with Crippen molar-refractivity contribution in [3.05, 3.63) is 0 Å². The zero-order valence-corrected chi connectivity index (χ0v) is 6.11. The molecule has 0 aromatic carbocycles. The number of hydrogen-bond acceptors (Lipinski definition) is 4. The lowest BCUT2D eigenvalue weighted by atomic mass is 10.3. The predicted molar refractivity (Wildman–Crippen MR) is 34.5 cm³/mol. The predicted octanol–water partition coefficient (Wildman–Crippen LogP) is -0.445. The van der Waals surface area contributed by atoms with Gasteiger partial charge in [-0.15, -0.1) is 0 Å². The van der Waals surface area contributed by atoms with Gasteiger partial charge in [0.15, 0.2) is 6.29 Å². The highest BCUT2D eigenvalue weighted by atomic mass is 16.7. The third kappa shape index (κ3) is 3.55. The van der Waals surface area contributed by atoms with Gasteiger partial charge in [-0.25, -0.2) is 0 Å². The molecule has 0 aliphatic rings. The Morgan fingerprint density at radius 1 is 1.50 bits per heavy atom. The van der Waals surface area contributed by atoms with Crippen LogP contribution in [0.1, 0.15) is 6.42 Å². The van der Waals surface area contributed by atoms with E-state index in [9.17, 15) is 4.79 Å². The molecule has 0 amide bonds. The molecule has 0 rings (SSSR count). The number of methoxy groups -OCH3 is 2. The summed E-state index contributed by atoms with van der Waals surface area (Å²) in [4.78, 5) is 9.91. The Morgan fingerprint density at radius 3 is 2.30 bits per heavy atom. The molecule has 0 saturated heterocycles. The summed E-state index contributed by atoms with van der Waals surface area (Å²) in [5.74, 6) is 0. The summed E-state index contributed by atoms with van der Waals surface area (Å²) in [5, 5.41) is 8.76. The first-order valence-corrected chi connectivity index (χ1v) is 2.93. The number of carbonyl (C=O) groups excluding carboxylic acids is 1. The van der Waals surface area contributed by atoms with Crippen molar-refractivity contribution in [2.75, 3.05) is 14.2 Å². The molecular formula is C6H12O4. The Hall–Kier alpha value is -0.450. The van der Waals surface area contributed by atoms with E-state index in [4.69, 9.17) is 14.6 Å². The summed E-state index contributed by atoms with van der Waals surface area (Å²) in [7, 11) is 2.90. The molecule has 1 unspecified atom stereocenters. The van der Waals surface area contributed by atoms with Gasteiger partial charge in [-0.05, 0) is 0 Å². The highest BCUT2D eigenvalue weighted by Gasteiger charge is 2.10. The molecule has 1 N–H and O–H groups in total. The van der Waals surface area contributed by atoms with E-state index >= 15 is 0 Å². The first kappa shape index (κ1) is 9.55. The summed E-state index contributed by atoms with van der Waals surface area (Å²) in [5.41, 5.74) is 0. The summed E-state index contributed by atoms with van der Waals surface area (Å²) >= 11 is 0. The van der Waals surface area contributed by atoms with Gasteiger partial charge in [0, 0.05) is 20.6 Å². The molecule has 1 atom stereocenters. The van der Waals surface area contributed by atoms with Crippen LogP contribution in [0.5, 0.6) is 0 Å². The fourth-order valence-corrected chi connectivity index (χ4v) is 0.541. The Balaban J connectivity index is 3.51. The maximum atomic E-state index is 9.91. The van der Waals surface area contributed by atoms with E-state index in [-0.39, 0.29) is 6.42 Å². The second-order valence-electron chi connectivity index (χ2n) is 1.84. The van der Waals surface area contributed by atoms with Crippen molar-refractivity contribution in [2.45, 2.75) is 18.8 Å². The van der Waals surface area contributed by atoms with E-state index in [2.05, 4.69) is 0 Å². The van der Waals surface area contributed by atoms with E-state index in [1.54, 1.807) is 0 Å². The number of carbonyl (C=O) groups is 1. The second kappa shape index (κ2) is 5.34. The minimum absolute atomic E-state index is 0.177. The zero-order chi connectivity index (χ0) is 7.98. The van der Waals surface area contributed by atoms with Gasteiger partial charge < -0.3 is 19.4 Å². The average Bonchev–Trinajstić information content (AvgIpc) is 1.99. The molecule has 0 fully saturated rings. The highest BCUT2D eigenvalue weighted by Crippen LogP contribution is 1.99. The van der Waals surface area contributed by atoms with Gasteiger partial charge in [-0.1, -0.05) is 0 Å². The van der Waals surface area contributed by atoms with Crippen molar-refractivity contribution < 1.29 is 19.4 Å². The molecule has 10 heavy (non-hydrogen) atoms. The topological polar surface area (TPSA) is 55.8 Å². The Kier molecular flexibility index (Phi) is 5.10. The van der Waals surface area contributed by atoms with Gasteiger partial charge in [-0.3, -0.25) is 0 Å². The lowest BCUT2D eigenvalue weighted by Crippen LogP contribution is -2.21. The fourth-order valence-electron chi connectivity index (χ4n) is 0.541. The van der Waals surface area contributed by atoms with Gasteiger partial charge in [0.2, 0.25) is 0 Å².